The van der Waals surface area contributed by atoms with E-state index in [1.165, 1.54) is 41.8 Å². The first-order valence-corrected chi connectivity index (χ1v) is 13.3. The second-order valence-electron chi connectivity index (χ2n) is 9.48. The van der Waals surface area contributed by atoms with E-state index in [9.17, 15) is 18.3 Å². The van der Waals surface area contributed by atoms with E-state index in [4.69, 9.17) is 0 Å². The van der Waals surface area contributed by atoms with Crippen LogP contribution >= 0.6 is 11.8 Å². The lowest BCUT2D eigenvalue weighted by molar-refractivity contribution is -0.117. The monoisotopic (exact) mass is 483 g/mol. The Labute approximate surface area is 193 Å². The summed E-state index contributed by atoms with van der Waals surface area (Å²) in [6, 6.07) is 1.42. The van der Waals surface area contributed by atoms with E-state index in [1.807, 2.05) is 4.72 Å². The smallest absolute Gasteiger partial charge is 0.326 e. The van der Waals surface area contributed by atoms with E-state index in [0.717, 1.165) is 25.1 Å². The summed E-state index contributed by atoms with van der Waals surface area (Å²) in [5.74, 6) is -1.30. The molecule has 3 aliphatic rings. The maximum atomic E-state index is 15.4. The third kappa shape index (κ3) is 4.36. The van der Waals surface area contributed by atoms with E-state index in [1.54, 1.807) is 0 Å². The van der Waals surface area contributed by atoms with Gasteiger partial charge in [-0.3, -0.25) is 4.79 Å². The number of phenols is 1. The number of halogens is 1. The molecule has 2 heterocycles. The van der Waals surface area contributed by atoms with E-state index in [0.29, 0.717) is 21.2 Å². The molecule has 0 aromatic heterocycles. The molecule has 4 rings (SSSR count). The topological polar surface area (TPSA) is 98.7 Å². The number of carbonyl (C=O) groups excluding carboxylic acids is 1. The lowest BCUT2D eigenvalue weighted by atomic mass is 9.71. The highest BCUT2D eigenvalue weighted by molar-refractivity contribution is 7.99. The predicted molar refractivity (Wildman–Crippen MR) is 124 cm³/mol. The number of rotatable bonds is 5. The average molecular weight is 484 g/mol. The van der Waals surface area contributed by atoms with Crippen LogP contribution in [0.1, 0.15) is 52.0 Å². The summed E-state index contributed by atoms with van der Waals surface area (Å²) in [5, 5.41) is 13.9. The molecular formula is C22H30FN3O4S2. The number of anilines is 1. The van der Waals surface area contributed by atoms with Crippen molar-refractivity contribution in [1.82, 2.24) is 10.0 Å². The molecule has 1 atom stereocenters. The van der Waals surface area contributed by atoms with Crippen LogP contribution in [0.5, 0.6) is 5.75 Å². The summed E-state index contributed by atoms with van der Waals surface area (Å²) in [7, 11) is -4.21. The third-order valence-electron chi connectivity index (χ3n) is 6.73. The van der Waals surface area contributed by atoms with Crippen molar-refractivity contribution in [3.8, 4) is 5.75 Å². The molecular weight excluding hydrogens is 453 g/mol. The Balaban J connectivity index is 1.50. The number of amides is 1. The van der Waals surface area contributed by atoms with Crippen molar-refractivity contribution in [2.45, 2.75) is 63.8 Å². The van der Waals surface area contributed by atoms with E-state index >= 15 is 4.39 Å². The molecule has 1 fully saturated rings. The molecule has 0 saturated carbocycles. The zero-order valence-corrected chi connectivity index (χ0v) is 20.3. The molecule has 1 aromatic rings. The van der Waals surface area contributed by atoms with Crippen LogP contribution in [-0.4, -0.2) is 44.3 Å². The molecule has 0 bridgehead atoms. The number of phenolic OH excluding ortho intramolecular Hbond substituents is 1. The van der Waals surface area contributed by atoms with Gasteiger partial charge >= 0.3 is 10.2 Å². The molecule has 7 nitrogen and oxygen atoms in total. The molecule has 10 heteroatoms. The number of benzene rings is 1. The second-order valence-corrected chi connectivity index (χ2v) is 12.1. The summed E-state index contributed by atoms with van der Waals surface area (Å²) in [5.41, 5.74) is 3.11. The van der Waals surface area contributed by atoms with Gasteiger partial charge in [-0.05, 0) is 57.1 Å². The molecule has 1 amide bonds. The van der Waals surface area contributed by atoms with Gasteiger partial charge in [-0.25, -0.2) is 13.4 Å². The van der Waals surface area contributed by atoms with Crippen LogP contribution in [0.4, 0.5) is 10.1 Å². The quantitative estimate of drug-likeness (QED) is 0.556. The zero-order valence-electron chi connectivity index (χ0n) is 18.6. The summed E-state index contributed by atoms with van der Waals surface area (Å²) in [6.45, 7) is 7.06. The van der Waals surface area contributed by atoms with E-state index in [2.05, 4.69) is 26.1 Å². The normalized spacial score (nSPS) is 24.4. The van der Waals surface area contributed by atoms with Crippen LogP contribution in [-0.2, 0) is 21.4 Å². The van der Waals surface area contributed by atoms with Crippen molar-refractivity contribution in [1.29, 1.82) is 0 Å². The van der Waals surface area contributed by atoms with Gasteiger partial charge in [0.25, 0.3) is 5.91 Å². The van der Waals surface area contributed by atoms with Crippen molar-refractivity contribution in [2.75, 3.05) is 23.1 Å². The fourth-order valence-corrected chi connectivity index (χ4v) is 7.42. The van der Waals surface area contributed by atoms with Crippen molar-refractivity contribution in [2.24, 2.45) is 5.41 Å². The first kappa shape index (κ1) is 23.4. The summed E-state index contributed by atoms with van der Waals surface area (Å²) >= 11 is 1.44. The number of hydrogen-bond acceptors (Lipinski definition) is 6. The minimum Gasteiger partial charge on any atom is -0.506 e. The summed E-state index contributed by atoms with van der Waals surface area (Å²) < 4.78 is 42.2. The number of carbonyl (C=O) groups is 1. The fourth-order valence-electron chi connectivity index (χ4n) is 5.10. The lowest BCUT2D eigenvalue weighted by Gasteiger charge is -2.35. The Kier molecular flexibility index (Phi) is 6.23. The van der Waals surface area contributed by atoms with Crippen LogP contribution < -0.4 is 14.3 Å². The van der Waals surface area contributed by atoms with Gasteiger partial charge in [0.05, 0.1) is 0 Å². The van der Waals surface area contributed by atoms with Crippen molar-refractivity contribution in [3.63, 3.8) is 0 Å². The second kappa shape index (κ2) is 8.53. The van der Waals surface area contributed by atoms with Gasteiger partial charge in [-0.2, -0.15) is 8.42 Å². The molecule has 3 N–H and O–H groups in total. The van der Waals surface area contributed by atoms with Gasteiger partial charge in [0, 0.05) is 22.3 Å². The molecule has 1 aromatic carbocycles. The number of aromatic hydroxyl groups is 1. The summed E-state index contributed by atoms with van der Waals surface area (Å²) in [4.78, 5) is 12.2. The first-order valence-electron chi connectivity index (χ1n) is 10.9. The molecule has 0 spiro atoms. The standard InChI is InChI=1S/C22H30FN3O4S2/c1-13-5-4-7-22(2,3)16(13)6-8-24-14-9-15-18(31-12-14)10-17(27)21(20(15)23)26-11-19(28)25-32(26,29)30/h10,14,24,27H,4-9,11-12H2,1-3H3,(H,25,28)/t14-/m0/s1. The van der Waals surface area contributed by atoms with Crippen LogP contribution in [0, 0.1) is 11.2 Å². The molecule has 176 valence electrons. The molecule has 1 aliphatic carbocycles. The highest BCUT2D eigenvalue weighted by Gasteiger charge is 2.39. The van der Waals surface area contributed by atoms with Gasteiger partial charge in [0.15, 0.2) is 5.82 Å². The van der Waals surface area contributed by atoms with Crippen LogP contribution in [0.2, 0.25) is 0 Å². The third-order valence-corrected chi connectivity index (χ3v) is 9.36. The van der Waals surface area contributed by atoms with Gasteiger partial charge < -0.3 is 10.4 Å². The molecule has 0 radical (unpaired) electrons. The van der Waals surface area contributed by atoms with Gasteiger partial charge in [-0.15, -0.1) is 11.8 Å². The number of hydrogen-bond donors (Lipinski definition) is 3. The number of fused-ring (bicyclic) bond motifs is 1. The number of thioether (sulfide) groups is 1. The number of allylic oxidation sites excluding steroid dienone is 1. The lowest BCUT2D eigenvalue weighted by Crippen LogP contribution is -2.38. The average Bonchev–Trinajstić information content (AvgIpc) is 2.96. The highest BCUT2D eigenvalue weighted by atomic mass is 32.2. The van der Waals surface area contributed by atoms with E-state index in [-0.39, 0.29) is 11.5 Å². The van der Waals surface area contributed by atoms with Gasteiger partial charge in [0.1, 0.15) is 18.0 Å². The number of nitrogens with one attached hydrogen (secondary N) is 2. The number of nitrogens with zero attached hydrogens (tertiary/aromatic N) is 1. The first-order chi connectivity index (χ1) is 15.0. The highest BCUT2D eigenvalue weighted by Crippen LogP contribution is 2.43. The Morgan fingerprint density at radius 3 is 2.81 bits per heavy atom. The van der Waals surface area contributed by atoms with Crippen LogP contribution in [0.3, 0.4) is 0 Å². The van der Waals surface area contributed by atoms with Crippen molar-refractivity contribution < 1.29 is 22.7 Å². The van der Waals surface area contributed by atoms with Crippen molar-refractivity contribution in [3.05, 3.63) is 28.6 Å². The fraction of sp³-hybridized carbons (Fsp3) is 0.591. The van der Waals surface area contributed by atoms with Gasteiger partial charge in [0.2, 0.25) is 0 Å². The molecule has 32 heavy (non-hydrogen) atoms. The molecule has 2 aliphatic heterocycles. The Hall–Kier alpha value is -1.78. The zero-order chi connectivity index (χ0) is 23.3. The summed E-state index contributed by atoms with van der Waals surface area (Å²) in [6.07, 6.45) is 4.92. The Bertz CT molecular complexity index is 1090. The van der Waals surface area contributed by atoms with Crippen molar-refractivity contribution >= 4 is 33.6 Å². The minimum absolute atomic E-state index is 0.0296. The minimum atomic E-state index is -4.21. The molecule has 0 unspecified atom stereocenters. The van der Waals surface area contributed by atoms with E-state index < -0.39 is 39.9 Å². The van der Waals surface area contributed by atoms with Crippen LogP contribution in [0.15, 0.2) is 22.1 Å². The maximum Gasteiger partial charge on any atom is 0.326 e. The Morgan fingerprint density at radius 2 is 2.16 bits per heavy atom. The SMILES string of the molecule is CC1=C(CCN[C@@H]2CSc3cc(O)c(N4CC(=O)NS4(=O)=O)c(F)c3C2)C(C)(C)CCC1. The Morgan fingerprint density at radius 1 is 1.41 bits per heavy atom. The predicted octanol–water partition coefficient (Wildman–Crippen LogP) is 3.24. The van der Waals surface area contributed by atoms with Gasteiger partial charge in [-0.1, -0.05) is 25.0 Å². The molecule has 1 saturated heterocycles. The van der Waals surface area contributed by atoms with Crippen LogP contribution in [0.25, 0.3) is 0 Å². The largest absolute Gasteiger partial charge is 0.506 e. The maximum absolute atomic E-state index is 15.4.